The molecule has 2 aromatic carbocycles. The highest BCUT2D eigenvalue weighted by atomic mass is 16.5. The lowest BCUT2D eigenvalue weighted by molar-refractivity contribution is -0.147. The molecule has 7 heteroatoms. The molecule has 0 radical (unpaired) electrons. The first kappa shape index (κ1) is 23.8. The normalized spacial score (nSPS) is 15.6. The fourth-order valence-corrected chi connectivity index (χ4v) is 5.12. The van der Waals surface area contributed by atoms with Gasteiger partial charge in [-0.3, -0.25) is 9.59 Å². The van der Waals surface area contributed by atoms with Crippen LogP contribution in [-0.4, -0.2) is 54.2 Å². The third kappa shape index (κ3) is 4.79. The number of nitrogens with one attached hydrogen (secondary N) is 1. The third-order valence-electron chi connectivity index (χ3n) is 7.17. The molecule has 180 valence electrons. The number of hydrogen-bond acceptors (Lipinski definition) is 4. The van der Waals surface area contributed by atoms with Gasteiger partial charge in [-0.15, -0.1) is 0 Å². The predicted molar refractivity (Wildman–Crippen MR) is 128 cm³/mol. The molecule has 0 aromatic heterocycles. The first-order chi connectivity index (χ1) is 16.4. The third-order valence-corrected chi connectivity index (χ3v) is 7.17. The molecule has 1 fully saturated rings. The highest BCUT2D eigenvalue weighted by Crippen LogP contribution is 2.45. The van der Waals surface area contributed by atoms with Gasteiger partial charge in [-0.1, -0.05) is 55.0 Å². The number of carbonyl (C=O) groups is 3. The summed E-state index contributed by atoms with van der Waals surface area (Å²) in [4.78, 5) is 38.3. The Kier molecular flexibility index (Phi) is 7.20. The molecule has 2 amide bonds. The number of ether oxygens (including phenoxy) is 1. The van der Waals surface area contributed by atoms with E-state index in [9.17, 15) is 14.4 Å². The molecule has 0 unspecified atom stereocenters. The van der Waals surface area contributed by atoms with Crippen LogP contribution in [0.3, 0.4) is 0 Å². The molecule has 2 aliphatic rings. The molecule has 0 spiro atoms. The monoisotopic (exact) mass is 464 g/mol. The molecule has 34 heavy (non-hydrogen) atoms. The maximum atomic E-state index is 13.2. The van der Waals surface area contributed by atoms with Crippen molar-refractivity contribution in [3.63, 3.8) is 0 Å². The summed E-state index contributed by atoms with van der Waals surface area (Å²) in [6.45, 7) is 3.29. The fraction of sp³-hybridized carbons (Fsp3) is 0.444. The van der Waals surface area contributed by atoms with Crippen molar-refractivity contribution < 1.29 is 24.2 Å². The van der Waals surface area contributed by atoms with Crippen molar-refractivity contribution >= 4 is 18.0 Å². The van der Waals surface area contributed by atoms with Gasteiger partial charge in [0.25, 0.3) is 0 Å². The zero-order valence-electron chi connectivity index (χ0n) is 19.6. The van der Waals surface area contributed by atoms with Crippen molar-refractivity contribution in [2.24, 2.45) is 5.41 Å². The molecular weight excluding hydrogens is 432 g/mol. The smallest absolute Gasteiger partial charge is 0.407 e. The maximum absolute atomic E-state index is 13.2. The molecule has 2 aromatic rings. The Hall–Kier alpha value is -3.35. The lowest BCUT2D eigenvalue weighted by Crippen LogP contribution is -2.54. The van der Waals surface area contributed by atoms with Crippen LogP contribution in [0.25, 0.3) is 11.1 Å². The van der Waals surface area contributed by atoms with Gasteiger partial charge in [0.1, 0.15) is 6.61 Å². The van der Waals surface area contributed by atoms with Crippen LogP contribution in [0.1, 0.15) is 56.1 Å². The van der Waals surface area contributed by atoms with Crippen molar-refractivity contribution in [2.45, 2.75) is 44.9 Å². The zero-order chi connectivity index (χ0) is 24.1. The van der Waals surface area contributed by atoms with E-state index < -0.39 is 17.5 Å². The predicted octanol–water partition coefficient (Wildman–Crippen LogP) is 4.41. The van der Waals surface area contributed by atoms with Crippen LogP contribution >= 0.6 is 0 Å². The second-order valence-electron chi connectivity index (χ2n) is 9.20. The number of benzene rings is 2. The number of carboxylic acids is 1. The van der Waals surface area contributed by atoms with Gasteiger partial charge in [-0.25, -0.2) is 4.79 Å². The number of carbonyl (C=O) groups excluding carboxylic acids is 2. The Labute approximate surface area is 200 Å². The summed E-state index contributed by atoms with van der Waals surface area (Å²) in [6.07, 6.45) is 2.30. The molecular formula is C27H32N2O5. The Balaban J connectivity index is 1.34. The van der Waals surface area contributed by atoms with Crippen molar-refractivity contribution in [2.75, 3.05) is 26.2 Å². The summed E-state index contributed by atoms with van der Waals surface area (Å²) in [5, 5.41) is 11.7. The second kappa shape index (κ2) is 10.3. The van der Waals surface area contributed by atoms with E-state index in [1.54, 1.807) is 4.90 Å². The average Bonchev–Trinajstić information content (AvgIpc) is 3.13. The van der Waals surface area contributed by atoms with Gasteiger partial charge in [-0.05, 0) is 48.4 Å². The number of aliphatic carboxylic acids is 1. The summed E-state index contributed by atoms with van der Waals surface area (Å²) in [7, 11) is 0. The molecule has 0 aliphatic heterocycles. The summed E-state index contributed by atoms with van der Waals surface area (Å²) in [5.41, 5.74) is 4.04. The maximum Gasteiger partial charge on any atom is 0.407 e. The number of alkyl carbamates (subject to hydrolysis) is 1. The van der Waals surface area contributed by atoms with Gasteiger partial charge >= 0.3 is 12.1 Å². The SMILES string of the molecule is CCN(CCCC(=O)O)C(=O)C1(CNC(=O)OCC2c3ccccc3-c3ccccc32)CCC1. The van der Waals surface area contributed by atoms with E-state index in [-0.39, 0.29) is 31.4 Å². The van der Waals surface area contributed by atoms with Gasteiger partial charge in [0, 0.05) is 32.0 Å². The van der Waals surface area contributed by atoms with Gasteiger partial charge < -0.3 is 20.1 Å². The van der Waals surface area contributed by atoms with E-state index in [0.29, 0.717) is 32.4 Å². The number of hydrogen-bond donors (Lipinski definition) is 2. The molecule has 4 rings (SSSR count). The summed E-state index contributed by atoms with van der Waals surface area (Å²) in [6, 6.07) is 16.4. The van der Waals surface area contributed by atoms with Gasteiger partial charge in [0.15, 0.2) is 0 Å². The topological polar surface area (TPSA) is 95.9 Å². The minimum atomic E-state index is -0.862. The highest BCUT2D eigenvalue weighted by Gasteiger charge is 2.46. The number of carboxylic acid groups (broad SMARTS) is 1. The standard InChI is InChI=1S/C27H32N2O5/c1-2-29(16-7-13-24(30)31)25(32)27(14-8-15-27)18-28-26(33)34-17-23-21-11-5-3-9-19(21)20-10-4-6-12-22(20)23/h3-6,9-12,23H,2,7-8,13-18H2,1H3,(H,28,33)(H,30,31). The van der Waals surface area contributed by atoms with Crippen LogP contribution in [0.5, 0.6) is 0 Å². The zero-order valence-corrected chi connectivity index (χ0v) is 19.6. The minimum absolute atomic E-state index is 0.00872. The number of nitrogens with zero attached hydrogens (tertiary/aromatic N) is 1. The summed E-state index contributed by atoms with van der Waals surface area (Å²) >= 11 is 0. The van der Waals surface area contributed by atoms with Gasteiger partial charge in [0.05, 0.1) is 5.41 Å². The van der Waals surface area contributed by atoms with Crippen LogP contribution in [-0.2, 0) is 14.3 Å². The summed E-state index contributed by atoms with van der Waals surface area (Å²) < 4.78 is 5.62. The number of rotatable bonds is 10. The minimum Gasteiger partial charge on any atom is -0.481 e. The quantitative estimate of drug-likeness (QED) is 0.543. The molecule has 0 bridgehead atoms. The van der Waals surface area contributed by atoms with Crippen molar-refractivity contribution in [3.8, 4) is 11.1 Å². The molecule has 2 N–H and O–H groups in total. The lowest BCUT2D eigenvalue weighted by atomic mass is 9.67. The Morgan fingerprint density at radius 1 is 1.06 bits per heavy atom. The van der Waals surface area contributed by atoms with E-state index >= 15 is 0 Å². The first-order valence-corrected chi connectivity index (χ1v) is 12.1. The largest absolute Gasteiger partial charge is 0.481 e. The van der Waals surface area contributed by atoms with E-state index in [1.165, 1.54) is 11.1 Å². The Morgan fingerprint density at radius 3 is 2.21 bits per heavy atom. The Bertz CT molecular complexity index is 1020. The van der Waals surface area contributed by atoms with E-state index in [0.717, 1.165) is 17.5 Å². The molecule has 7 nitrogen and oxygen atoms in total. The molecule has 0 saturated heterocycles. The average molecular weight is 465 g/mol. The van der Waals surface area contributed by atoms with Crippen LogP contribution in [0.4, 0.5) is 4.79 Å². The van der Waals surface area contributed by atoms with Crippen LogP contribution in [0, 0.1) is 5.41 Å². The van der Waals surface area contributed by atoms with Crippen LogP contribution < -0.4 is 5.32 Å². The first-order valence-electron chi connectivity index (χ1n) is 12.1. The highest BCUT2D eigenvalue weighted by molar-refractivity contribution is 5.85. The van der Waals surface area contributed by atoms with E-state index in [4.69, 9.17) is 9.84 Å². The number of fused-ring (bicyclic) bond motifs is 3. The Morgan fingerprint density at radius 2 is 1.68 bits per heavy atom. The van der Waals surface area contributed by atoms with Gasteiger partial charge in [-0.2, -0.15) is 0 Å². The molecule has 0 atom stereocenters. The van der Waals surface area contributed by atoms with Crippen LogP contribution in [0.2, 0.25) is 0 Å². The second-order valence-corrected chi connectivity index (χ2v) is 9.20. The lowest BCUT2D eigenvalue weighted by Gasteiger charge is -2.43. The van der Waals surface area contributed by atoms with Crippen molar-refractivity contribution in [1.82, 2.24) is 10.2 Å². The van der Waals surface area contributed by atoms with Crippen molar-refractivity contribution in [3.05, 3.63) is 59.7 Å². The number of amides is 2. The fourth-order valence-electron chi connectivity index (χ4n) is 5.12. The molecule has 1 saturated carbocycles. The summed E-state index contributed by atoms with van der Waals surface area (Å²) in [5.74, 6) is -0.883. The van der Waals surface area contributed by atoms with Gasteiger partial charge in [0.2, 0.25) is 5.91 Å². The van der Waals surface area contributed by atoms with E-state index in [2.05, 4.69) is 29.6 Å². The molecule has 0 heterocycles. The van der Waals surface area contributed by atoms with Crippen molar-refractivity contribution in [1.29, 1.82) is 0 Å². The molecule has 2 aliphatic carbocycles. The van der Waals surface area contributed by atoms with Crippen LogP contribution in [0.15, 0.2) is 48.5 Å². The van der Waals surface area contributed by atoms with E-state index in [1.807, 2.05) is 31.2 Å².